The molecule has 0 fully saturated rings. The quantitative estimate of drug-likeness (QED) is 0.878. The van der Waals surface area contributed by atoms with Crippen LogP contribution < -0.4 is 5.32 Å². The van der Waals surface area contributed by atoms with Crippen LogP contribution in [0.25, 0.3) is 0 Å². The van der Waals surface area contributed by atoms with Gasteiger partial charge in [0, 0.05) is 5.69 Å². The molecule has 0 aliphatic heterocycles. The van der Waals surface area contributed by atoms with Gasteiger partial charge in [0.25, 0.3) is 5.91 Å². The van der Waals surface area contributed by atoms with E-state index in [1.165, 1.54) is 12.4 Å². The van der Waals surface area contributed by atoms with E-state index in [9.17, 15) is 9.59 Å². The minimum atomic E-state index is -0.436. The average molecular weight is 306 g/mol. The zero-order chi connectivity index (χ0) is 15.2. The van der Waals surface area contributed by atoms with E-state index in [1.807, 2.05) is 0 Å². The highest BCUT2D eigenvalue weighted by Gasteiger charge is 2.10. The van der Waals surface area contributed by atoms with E-state index < -0.39 is 11.9 Å². The molecule has 1 heterocycles. The molecule has 2 aromatic rings. The highest BCUT2D eigenvalue weighted by atomic mass is 35.5. The number of ether oxygens (including phenoxy) is 1. The summed E-state index contributed by atoms with van der Waals surface area (Å²) in [5, 5.41) is 2.77. The molecule has 0 spiro atoms. The van der Waals surface area contributed by atoms with Gasteiger partial charge in [0.15, 0.2) is 0 Å². The first-order valence-corrected chi connectivity index (χ1v) is 6.54. The molecular weight excluding hydrogens is 294 g/mol. The van der Waals surface area contributed by atoms with Crippen LogP contribution in [0.3, 0.4) is 0 Å². The molecule has 0 saturated heterocycles. The predicted octanol–water partition coefficient (Wildman–Crippen LogP) is 2.56. The average Bonchev–Trinajstić information content (AvgIpc) is 2.48. The SMILES string of the molecule is CCOC(=O)c1ccc(NC(=O)c2cncc(Cl)n2)cc1. The summed E-state index contributed by atoms with van der Waals surface area (Å²) < 4.78 is 4.87. The Morgan fingerprint density at radius 1 is 1.24 bits per heavy atom. The van der Waals surface area contributed by atoms with Crippen LogP contribution in [0.2, 0.25) is 5.15 Å². The van der Waals surface area contributed by atoms with Crippen LogP contribution in [0.1, 0.15) is 27.8 Å². The molecule has 0 atom stereocenters. The fraction of sp³-hybridized carbons (Fsp3) is 0.143. The Balaban J connectivity index is 2.06. The Kier molecular flexibility index (Phi) is 4.84. The monoisotopic (exact) mass is 305 g/mol. The number of carbonyl (C=O) groups excluding carboxylic acids is 2. The van der Waals surface area contributed by atoms with Gasteiger partial charge in [-0.2, -0.15) is 0 Å². The lowest BCUT2D eigenvalue weighted by molar-refractivity contribution is 0.0526. The van der Waals surface area contributed by atoms with Gasteiger partial charge in [0.1, 0.15) is 10.8 Å². The van der Waals surface area contributed by atoms with E-state index >= 15 is 0 Å². The number of aromatic nitrogens is 2. The Morgan fingerprint density at radius 2 is 1.95 bits per heavy atom. The van der Waals surface area contributed by atoms with Crippen LogP contribution in [0.15, 0.2) is 36.7 Å². The Labute approximate surface area is 126 Å². The lowest BCUT2D eigenvalue weighted by atomic mass is 10.2. The number of rotatable bonds is 4. The van der Waals surface area contributed by atoms with Crippen molar-refractivity contribution in [3.05, 3.63) is 53.1 Å². The van der Waals surface area contributed by atoms with Gasteiger partial charge in [-0.25, -0.2) is 9.78 Å². The van der Waals surface area contributed by atoms with Crippen molar-refractivity contribution in [1.82, 2.24) is 9.97 Å². The molecule has 1 aromatic heterocycles. The molecule has 1 amide bonds. The van der Waals surface area contributed by atoms with Gasteiger partial charge in [-0.15, -0.1) is 0 Å². The molecule has 0 aliphatic carbocycles. The fourth-order valence-electron chi connectivity index (χ4n) is 1.55. The standard InChI is InChI=1S/C14H12ClN3O3/c1-2-21-14(20)9-3-5-10(6-4-9)17-13(19)11-7-16-8-12(15)18-11/h3-8H,2H2,1H3,(H,17,19). The largest absolute Gasteiger partial charge is 0.462 e. The third kappa shape index (κ3) is 4.00. The molecular formula is C14H12ClN3O3. The van der Waals surface area contributed by atoms with Crippen molar-refractivity contribution in [1.29, 1.82) is 0 Å². The van der Waals surface area contributed by atoms with Crippen molar-refractivity contribution in [2.45, 2.75) is 6.92 Å². The third-order valence-electron chi connectivity index (χ3n) is 2.49. The van der Waals surface area contributed by atoms with Gasteiger partial charge >= 0.3 is 5.97 Å². The number of benzene rings is 1. The molecule has 7 heteroatoms. The maximum Gasteiger partial charge on any atom is 0.338 e. The van der Waals surface area contributed by atoms with Crippen LogP contribution in [-0.2, 0) is 4.74 Å². The molecule has 108 valence electrons. The number of carbonyl (C=O) groups is 2. The van der Waals surface area contributed by atoms with Crippen LogP contribution >= 0.6 is 11.6 Å². The lowest BCUT2D eigenvalue weighted by Gasteiger charge is -2.06. The Morgan fingerprint density at radius 3 is 2.57 bits per heavy atom. The summed E-state index contributed by atoms with van der Waals surface area (Å²) in [6, 6.07) is 6.33. The van der Waals surface area contributed by atoms with Crippen LogP contribution in [-0.4, -0.2) is 28.5 Å². The topological polar surface area (TPSA) is 81.2 Å². The van der Waals surface area contributed by atoms with Gasteiger partial charge in [0.2, 0.25) is 0 Å². The van der Waals surface area contributed by atoms with Crippen LogP contribution in [0.5, 0.6) is 0 Å². The molecule has 6 nitrogen and oxygen atoms in total. The van der Waals surface area contributed by atoms with E-state index in [4.69, 9.17) is 16.3 Å². The number of nitrogens with one attached hydrogen (secondary N) is 1. The molecule has 0 aliphatic rings. The second-order valence-electron chi connectivity index (χ2n) is 3.98. The summed E-state index contributed by atoms with van der Waals surface area (Å²) in [6.07, 6.45) is 2.65. The predicted molar refractivity (Wildman–Crippen MR) is 77.4 cm³/mol. The maximum absolute atomic E-state index is 11.9. The van der Waals surface area contributed by atoms with Gasteiger partial charge in [-0.05, 0) is 31.2 Å². The van der Waals surface area contributed by atoms with Crippen molar-refractivity contribution in [3.8, 4) is 0 Å². The van der Waals surface area contributed by atoms with Crippen molar-refractivity contribution in [2.24, 2.45) is 0 Å². The number of anilines is 1. The highest BCUT2D eigenvalue weighted by molar-refractivity contribution is 6.29. The smallest absolute Gasteiger partial charge is 0.338 e. The Bertz CT molecular complexity index is 659. The molecule has 2 rings (SSSR count). The molecule has 1 N–H and O–H groups in total. The minimum Gasteiger partial charge on any atom is -0.462 e. The summed E-state index contributed by atoms with van der Waals surface area (Å²) in [5.41, 5.74) is 1.05. The van der Waals surface area contributed by atoms with Gasteiger partial charge < -0.3 is 10.1 Å². The minimum absolute atomic E-state index is 0.108. The summed E-state index contributed by atoms with van der Waals surface area (Å²) in [6.45, 7) is 2.04. The third-order valence-corrected chi connectivity index (χ3v) is 2.67. The summed E-state index contributed by atoms with van der Waals surface area (Å²) in [4.78, 5) is 31.1. The molecule has 0 saturated carbocycles. The molecule has 21 heavy (non-hydrogen) atoms. The molecule has 1 aromatic carbocycles. The second-order valence-corrected chi connectivity index (χ2v) is 4.37. The number of hydrogen-bond donors (Lipinski definition) is 1. The normalized spacial score (nSPS) is 10.0. The van der Waals surface area contributed by atoms with E-state index in [0.29, 0.717) is 17.9 Å². The number of halogens is 1. The summed E-state index contributed by atoms with van der Waals surface area (Å²) >= 11 is 5.67. The van der Waals surface area contributed by atoms with Gasteiger partial charge in [0.05, 0.1) is 24.6 Å². The highest BCUT2D eigenvalue weighted by Crippen LogP contribution is 2.12. The maximum atomic E-state index is 11.9. The van der Waals surface area contributed by atoms with Crippen molar-refractivity contribution in [3.63, 3.8) is 0 Å². The van der Waals surface area contributed by atoms with Crippen molar-refractivity contribution < 1.29 is 14.3 Å². The fourth-order valence-corrected chi connectivity index (χ4v) is 1.70. The van der Waals surface area contributed by atoms with E-state index in [0.717, 1.165) is 0 Å². The van der Waals surface area contributed by atoms with Gasteiger partial charge in [-0.1, -0.05) is 11.6 Å². The number of nitrogens with zero attached hydrogens (tertiary/aromatic N) is 2. The lowest BCUT2D eigenvalue weighted by Crippen LogP contribution is -2.14. The van der Waals surface area contributed by atoms with E-state index in [1.54, 1.807) is 31.2 Å². The van der Waals surface area contributed by atoms with Crippen molar-refractivity contribution in [2.75, 3.05) is 11.9 Å². The number of amides is 1. The van der Waals surface area contributed by atoms with Crippen LogP contribution in [0.4, 0.5) is 5.69 Å². The first-order valence-electron chi connectivity index (χ1n) is 6.16. The zero-order valence-corrected chi connectivity index (χ0v) is 11.9. The summed E-state index contributed by atoms with van der Waals surface area (Å²) in [5.74, 6) is -0.843. The van der Waals surface area contributed by atoms with Gasteiger partial charge in [-0.3, -0.25) is 9.78 Å². The molecule has 0 radical (unpaired) electrons. The Hall–Kier alpha value is -2.47. The van der Waals surface area contributed by atoms with E-state index in [-0.39, 0.29) is 10.8 Å². The number of esters is 1. The molecule has 0 unspecified atom stereocenters. The number of hydrogen-bond acceptors (Lipinski definition) is 5. The second kappa shape index (κ2) is 6.81. The van der Waals surface area contributed by atoms with E-state index in [2.05, 4.69) is 15.3 Å². The van der Waals surface area contributed by atoms with Crippen LogP contribution in [0, 0.1) is 0 Å². The first-order chi connectivity index (χ1) is 10.1. The zero-order valence-electron chi connectivity index (χ0n) is 11.2. The first kappa shape index (κ1) is 14.9. The van der Waals surface area contributed by atoms with Crippen molar-refractivity contribution >= 4 is 29.2 Å². The summed E-state index contributed by atoms with van der Waals surface area (Å²) in [7, 11) is 0. The molecule has 0 bridgehead atoms.